The van der Waals surface area contributed by atoms with Crippen LogP contribution in [0.4, 0.5) is 0 Å². The van der Waals surface area contributed by atoms with Gasteiger partial charge in [-0.05, 0) is 30.9 Å². The van der Waals surface area contributed by atoms with Gasteiger partial charge in [-0.3, -0.25) is 0 Å². The zero-order chi connectivity index (χ0) is 13.7. The summed E-state index contributed by atoms with van der Waals surface area (Å²) in [5, 5.41) is 3.18. The van der Waals surface area contributed by atoms with Crippen LogP contribution in [0.1, 0.15) is 24.8 Å². The van der Waals surface area contributed by atoms with Gasteiger partial charge in [-0.1, -0.05) is 28.4 Å². The lowest BCUT2D eigenvalue weighted by molar-refractivity contribution is 0.315. The van der Waals surface area contributed by atoms with Crippen molar-refractivity contribution in [2.45, 2.75) is 25.8 Å². The molecule has 1 aromatic rings. The Morgan fingerprint density at radius 1 is 1.53 bits per heavy atom. The van der Waals surface area contributed by atoms with Crippen LogP contribution >= 0.6 is 15.9 Å². The van der Waals surface area contributed by atoms with Crippen LogP contribution in [-0.4, -0.2) is 19.6 Å². The molecule has 0 atom stereocenters. The predicted octanol–water partition coefficient (Wildman–Crippen LogP) is 2.66. The van der Waals surface area contributed by atoms with Crippen molar-refractivity contribution >= 4 is 21.9 Å². The number of benzene rings is 1. The van der Waals surface area contributed by atoms with Crippen molar-refractivity contribution in [3.8, 4) is 5.75 Å². The molecule has 1 aliphatic rings. The van der Waals surface area contributed by atoms with E-state index < -0.39 is 0 Å². The standard InChI is InChI=1S/C14H20BrN3O/c1-19-13-7-12(15)6-5-11(13)9-18-14(16)17-8-10-3-2-4-10/h5-7,10H,2-4,8-9H2,1H3,(H3,16,17,18). The van der Waals surface area contributed by atoms with Crippen molar-refractivity contribution in [2.75, 3.05) is 13.7 Å². The summed E-state index contributed by atoms with van der Waals surface area (Å²) in [7, 11) is 1.66. The number of hydrogen-bond acceptors (Lipinski definition) is 2. The number of halogens is 1. The minimum absolute atomic E-state index is 0.511. The third kappa shape index (κ3) is 4.13. The molecule has 4 nitrogen and oxygen atoms in total. The molecule has 0 aliphatic heterocycles. The molecule has 0 aromatic heterocycles. The molecule has 104 valence electrons. The van der Waals surface area contributed by atoms with Crippen LogP contribution in [0.25, 0.3) is 0 Å². The SMILES string of the molecule is COc1cc(Br)ccc1CN=C(N)NCC1CCC1. The predicted molar refractivity (Wildman–Crippen MR) is 81.4 cm³/mol. The Balaban J connectivity index is 1.88. The Labute approximate surface area is 122 Å². The van der Waals surface area contributed by atoms with Crippen LogP contribution in [-0.2, 0) is 6.54 Å². The van der Waals surface area contributed by atoms with E-state index in [1.165, 1.54) is 19.3 Å². The van der Waals surface area contributed by atoms with Gasteiger partial charge in [-0.15, -0.1) is 0 Å². The molecule has 0 radical (unpaired) electrons. The molecule has 2 rings (SSSR count). The van der Waals surface area contributed by atoms with E-state index >= 15 is 0 Å². The molecule has 1 aliphatic carbocycles. The van der Waals surface area contributed by atoms with Crippen molar-refractivity contribution in [1.82, 2.24) is 5.32 Å². The molecule has 0 saturated heterocycles. The average molecular weight is 326 g/mol. The second-order valence-electron chi connectivity index (χ2n) is 4.84. The molecule has 0 bridgehead atoms. The van der Waals surface area contributed by atoms with Crippen LogP contribution in [0.3, 0.4) is 0 Å². The summed E-state index contributed by atoms with van der Waals surface area (Å²) in [4.78, 5) is 4.35. The van der Waals surface area contributed by atoms with E-state index in [2.05, 4.69) is 26.2 Å². The normalized spacial score (nSPS) is 16.0. The molecule has 0 amide bonds. The molecular weight excluding hydrogens is 306 g/mol. The van der Waals surface area contributed by atoms with Crippen LogP contribution in [0.15, 0.2) is 27.7 Å². The average Bonchev–Trinajstić information content (AvgIpc) is 2.35. The maximum atomic E-state index is 5.86. The van der Waals surface area contributed by atoms with E-state index in [1.54, 1.807) is 7.11 Å². The number of hydrogen-bond donors (Lipinski definition) is 2. The molecule has 0 spiro atoms. The summed E-state index contributed by atoms with van der Waals surface area (Å²) in [6, 6.07) is 5.90. The first-order valence-corrected chi connectivity index (χ1v) is 7.34. The highest BCUT2D eigenvalue weighted by molar-refractivity contribution is 9.10. The van der Waals surface area contributed by atoms with Gasteiger partial charge in [-0.25, -0.2) is 4.99 Å². The van der Waals surface area contributed by atoms with Gasteiger partial charge in [0.05, 0.1) is 13.7 Å². The van der Waals surface area contributed by atoms with Crippen molar-refractivity contribution in [2.24, 2.45) is 16.6 Å². The minimum atomic E-state index is 0.511. The fraction of sp³-hybridized carbons (Fsp3) is 0.500. The number of nitrogens with zero attached hydrogens (tertiary/aromatic N) is 1. The third-order valence-corrected chi connectivity index (χ3v) is 3.96. The lowest BCUT2D eigenvalue weighted by atomic mass is 9.85. The van der Waals surface area contributed by atoms with Gasteiger partial charge in [0.1, 0.15) is 5.75 Å². The monoisotopic (exact) mass is 325 g/mol. The van der Waals surface area contributed by atoms with E-state index in [1.807, 2.05) is 18.2 Å². The van der Waals surface area contributed by atoms with Gasteiger partial charge >= 0.3 is 0 Å². The molecule has 0 heterocycles. The van der Waals surface area contributed by atoms with E-state index in [0.29, 0.717) is 12.5 Å². The van der Waals surface area contributed by atoms with Crippen molar-refractivity contribution in [3.05, 3.63) is 28.2 Å². The van der Waals surface area contributed by atoms with Gasteiger partial charge in [-0.2, -0.15) is 0 Å². The van der Waals surface area contributed by atoms with E-state index in [9.17, 15) is 0 Å². The molecule has 19 heavy (non-hydrogen) atoms. The fourth-order valence-electron chi connectivity index (χ4n) is 2.02. The van der Waals surface area contributed by atoms with Gasteiger partial charge in [0.25, 0.3) is 0 Å². The van der Waals surface area contributed by atoms with Gasteiger partial charge in [0.2, 0.25) is 0 Å². The van der Waals surface area contributed by atoms with Gasteiger partial charge < -0.3 is 15.8 Å². The first-order chi connectivity index (χ1) is 9.19. The Kier molecular flexibility index (Phi) is 5.07. The summed E-state index contributed by atoms with van der Waals surface area (Å²) in [5.74, 6) is 2.11. The summed E-state index contributed by atoms with van der Waals surface area (Å²) >= 11 is 3.42. The topological polar surface area (TPSA) is 59.6 Å². The maximum absolute atomic E-state index is 5.86. The smallest absolute Gasteiger partial charge is 0.188 e. The molecule has 1 aromatic carbocycles. The third-order valence-electron chi connectivity index (χ3n) is 3.47. The van der Waals surface area contributed by atoms with E-state index in [-0.39, 0.29) is 0 Å². The number of methoxy groups -OCH3 is 1. The Morgan fingerprint density at radius 2 is 2.32 bits per heavy atom. The highest BCUT2D eigenvalue weighted by Gasteiger charge is 2.16. The van der Waals surface area contributed by atoms with E-state index in [0.717, 1.165) is 28.2 Å². The lowest BCUT2D eigenvalue weighted by Gasteiger charge is -2.25. The molecule has 1 fully saturated rings. The zero-order valence-corrected chi connectivity index (χ0v) is 12.7. The number of rotatable bonds is 5. The molecule has 5 heteroatoms. The zero-order valence-electron chi connectivity index (χ0n) is 11.2. The number of nitrogens with two attached hydrogens (primary N) is 1. The fourth-order valence-corrected chi connectivity index (χ4v) is 2.36. The number of nitrogens with one attached hydrogen (secondary N) is 1. The summed E-state index contributed by atoms with van der Waals surface area (Å²) < 4.78 is 6.32. The first-order valence-electron chi connectivity index (χ1n) is 6.55. The molecule has 3 N–H and O–H groups in total. The highest BCUT2D eigenvalue weighted by atomic mass is 79.9. The first kappa shape index (κ1) is 14.2. The summed E-state index contributed by atoms with van der Waals surface area (Å²) in [5.41, 5.74) is 6.89. The van der Waals surface area contributed by atoms with Crippen molar-refractivity contribution < 1.29 is 4.74 Å². The Morgan fingerprint density at radius 3 is 2.95 bits per heavy atom. The lowest BCUT2D eigenvalue weighted by Crippen LogP contribution is -2.37. The quantitative estimate of drug-likeness (QED) is 0.646. The van der Waals surface area contributed by atoms with Crippen LogP contribution in [0.2, 0.25) is 0 Å². The maximum Gasteiger partial charge on any atom is 0.188 e. The second kappa shape index (κ2) is 6.80. The van der Waals surface area contributed by atoms with Crippen LogP contribution in [0, 0.1) is 5.92 Å². The minimum Gasteiger partial charge on any atom is -0.496 e. The molecule has 1 saturated carbocycles. The van der Waals surface area contributed by atoms with Crippen LogP contribution in [0.5, 0.6) is 5.75 Å². The Hall–Kier alpha value is -1.23. The number of aliphatic imine (C=N–C) groups is 1. The summed E-state index contributed by atoms with van der Waals surface area (Å²) in [6.45, 7) is 1.47. The molecule has 0 unspecified atom stereocenters. The molecular formula is C14H20BrN3O. The largest absolute Gasteiger partial charge is 0.496 e. The van der Waals surface area contributed by atoms with Crippen LogP contribution < -0.4 is 15.8 Å². The van der Waals surface area contributed by atoms with Crippen molar-refractivity contribution in [3.63, 3.8) is 0 Å². The van der Waals surface area contributed by atoms with Gasteiger partial charge in [0.15, 0.2) is 5.96 Å². The van der Waals surface area contributed by atoms with Crippen molar-refractivity contribution in [1.29, 1.82) is 0 Å². The number of guanidine groups is 1. The van der Waals surface area contributed by atoms with Gasteiger partial charge in [0, 0.05) is 16.6 Å². The number of ether oxygens (including phenoxy) is 1. The van der Waals surface area contributed by atoms with E-state index in [4.69, 9.17) is 10.5 Å². The summed E-state index contributed by atoms with van der Waals surface area (Å²) in [6.07, 6.45) is 3.96. The highest BCUT2D eigenvalue weighted by Crippen LogP contribution is 2.25. The Bertz CT molecular complexity index is 458. The second-order valence-corrected chi connectivity index (χ2v) is 5.75.